The zero-order valence-corrected chi connectivity index (χ0v) is 20.9. The Bertz CT molecular complexity index is 1120. The summed E-state index contributed by atoms with van der Waals surface area (Å²) in [5.74, 6) is 1.41. The molecule has 9 nitrogen and oxygen atoms in total. The first-order chi connectivity index (χ1) is 16.3. The molecular weight excluding hydrogens is 456 g/mol. The van der Waals surface area contributed by atoms with E-state index in [9.17, 15) is 13.2 Å². The van der Waals surface area contributed by atoms with E-state index in [-0.39, 0.29) is 17.9 Å². The molecule has 2 aliphatic rings. The average molecular weight is 491 g/mol. The summed E-state index contributed by atoms with van der Waals surface area (Å²) in [5.41, 5.74) is 3.57. The fraction of sp³-hybridized carbons (Fsp3) is 0.583. The Morgan fingerprint density at radius 1 is 1.29 bits per heavy atom. The maximum absolute atomic E-state index is 12.5. The number of anilines is 1. The van der Waals surface area contributed by atoms with E-state index in [2.05, 4.69) is 10.4 Å². The van der Waals surface area contributed by atoms with Gasteiger partial charge in [0.15, 0.2) is 0 Å². The van der Waals surface area contributed by atoms with E-state index >= 15 is 0 Å². The van der Waals surface area contributed by atoms with E-state index in [1.165, 1.54) is 13.4 Å². The summed E-state index contributed by atoms with van der Waals surface area (Å²) in [7, 11) is -1.68. The largest absolute Gasteiger partial charge is 0.493 e. The molecule has 0 radical (unpaired) electrons. The van der Waals surface area contributed by atoms with Gasteiger partial charge in [-0.25, -0.2) is 13.2 Å². The minimum absolute atomic E-state index is 0.0296. The fourth-order valence-corrected chi connectivity index (χ4v) is 5.26. The van der Waals surface area contributed by atoms with Crippen LogP contribution in [0.5, 0.6) is 5.75 Å². The van der Waals surface area contributed by atoms with Crippen LogP contribution in [0, 0.1) is 5.92 Å². The van der Waals surface area contributed by atoms with Crippen molar-refractivity contribution in [3.05, 3.63) is 30.1 Å². The van der Waals surface area contributed by atoms with Crippen LogP contribution in [0.15, 0.2) is 24.5 Å². The number of carbonyl (C=O) groups excluding carboxylic acids is 1. The molecule has 10 heteroatoms. The van der Waals surface area contributed by atoms with Crippen LogP contribution in [0.3, 0.4) is 0 Å². The van der Waals surface area contributed by atoms with Crippen LogP contribution in [0.1, 0.15) is 31.7 Å². The lowest BCUT2D eigenvalue weighted by Crippen LogP contribution is -2.42. The lowest BCUT2D eigenvalue weighted by atomic mass is 9.92. The van der Waals surface area contributed by atoms with Gasteiger partial charge in [0.05, 0.1) is 37.9 Å². The molecule has 186 valence electrons. The lowest BCUT2D eigenvalue weighted by Gasteiger charge is -2.35. The van der Waals surface area contributed by atoms with Gasteiger partial charge in [0.2, 0.25) is 0 Å². The van der Waals surface area contributed by atoms with E-state index in [4.69, 9.17) is 9.47 Å². The highest BCUT2D eigenvalue weighted by Crippen LogP contribution is 2.43. The Kier molecular flexibility index (Phi) is 7.47. The van der Waals surface area contributed by atoms with Gasteiger partial charge in [-0.3, -0.25) is 9.58 Å². The number of carbonyl (C=O) groups is 1. The molecule has 2 aromatic rings. The number of nitrogens with zero attached hydrogens (tertiary/aromatic N) is 3. The summed E-state index contributed by atoms with van der Waals surface area (Å²) in [6.07, 6.45) is 8.15. The first-order valence-corrected chi connectivity index (χ1v) is 13.9. The lowest BCUT2D eigenvalue weighted by molar-refractivity contribution is 0.175. The standard InChI is InChI=1S/C24H34N4O5S/c1-17-4-5-21-22(28(17)24(29)32-2)7-6-20(23(21)33-12-9-18-8-10-25-14-18)19-15-26-27(16-19)11-13-34(3,30)31/h6-7,15-18,25H,4-5,8-14H2,1-3H3/t17-,18+/m0/s1. The summed E-state index contributed by atoms with van der Waals surface area (Å²) in [5, 5.41) is 7.76. The smallest absolute Gasteiger partial charge is 0.414 e. The number of hydrogen-bond acceptors (Lipinski definition) is 7. The molecular formula is C24H34N4O5S. The van der Waals surface area contributed by atoms with E-state index < -0.39 is 9.84 Å². The maximum atomic E-state index is 12.5. The molecule has 1 fully saturated rings. The second-order valence-electron chi connectivity index (χ2n) is 9.29. The Balaban J connectivity index is 1.66. The van der Waals surface area contributed by atoms with Crippen molar-refractivity contribution in [1.29, 1.82) is 0 Å². The molecule has 1 amide bonds. The van der Waals surface area contributed by atoms with Gasteiger partial charge in [-0.1, -0.05) is 0 Å². The monoisotopic (exact) mass is 490 g/mol. The highest BCUT2D eigenvalue weighted by molar-refractivity contribution is 7.90. The van der Waals surface area contributed by atoms with Crippen molar-refractivity contribution in [2.75, 3.05) is 43.7 Å². The zero-order valence-electron chi connectivity index (χ0n) is 20.1. The number of nitrogens with one attached hydrogen (secondary N) is 1. The number of hydrogen-bond donors (Lipinski definition) is 1. The van der Waals surface area contributed by atoms with Crippen molar-refractivity contribution in [3.8, 4) is 16.9 Å². The van der Waals surface area contributed by atoms with Crippen LogP contribution in [0.4, 0.5) is 10.5 Å². The van der Waals surface area contributed by atoms with Crippen molar-refractivity contribution >= 4 is 21.6 Å². The highest BCUT2D eigenvalue weighted by atomic mass is 32.2. The molecule has 2 aliphatic heterocycles. The van der Waals surface area contributed by atoms with E-state index in [1.807, 2.05) is 25.3 Å². The predicted molar refractivity (Wildman–Crippen MR) is 131 cm³/mol. The molecule has 1 saturated heterocycles. The Hall–Kier alpha value is -2.59. The third-order valence-electron chi connectivity index (χ3n) is 6.69. The number of fused-ring (bicyclic) bond motifs is 1. The number of benzene rings is 1. The van der Waals surface area contributed by atoms with Crippen molar-refractivity contribution in [3.63, 3.8) is 0 Å². The van der Waals surface area contributed by atoms with Crippen molar-refractivity contribution in [1.82, 2.24) is 15.1 Å². The maximum Gasteiger partial charge on any atom is 0.414 e. The number of aromatic nitrogens is 2. The van der Waals surface area contributed by atoms with Crippen molar-refractivity contribution in [2.24, 2.45) is 5.92 Å². The van der Waals surface area contributed by atoms with E-state index in [0.29, 0.717) is 19.1 Å². The minimum atomic E-state index is -3.08. The second kappa shape index (κ2) is 10.4. The molecule has 0 bridgehead atoms. The zero-order chi connectivity index (χ0) is 24.3. The van der Waals surface area contributed by atoms with Crippen LogP contribution in [0.2, 0.25) is 0 Å². The third kappa shape index (κ3) is 5.55. The molecule has 1 aromatic heterocycles. The van der Waals surface area contributed by atoms with Gasteiger partial charge in [-0.05, 0) is 63.7 Å². The Labute approximate surface area is 201 Å². The van der Waals surface area contributed by atoms with Gasteiger partial charge in [-0.2, -0.15) is 5.10 Å². The topological polar surface area (TPSA) is 103 Å². The SMILES string of the molecule is COC(=O)N1c2ccc(-c3cnn(CCS(C)(=O)=O)c3)c(OCC[C@H]3CCNC3)c2CC[C@@H]1C. The van der Waals surface area contributed by atoms with Gasteiger partial charge < -0.3 is 14.8 Å². The first kappa shape index (κ1) is 24.5. The van der Waals surface area contributed by atoms with Crippen molar-refractivity contribution in [2.45, 2.75) is 45.2 Å². The molecule has 0 spiro atoms. The van der Waals surface area contributed by atoms with Gasteiger partial charge in [0.1, 0.15) is 15.6 Å². The molecule has 2 atom stereocenters. The normalized spacial score (nSPS) is 20.3. The van der Waals surface area contributed by atoms with E-state index in [0.717, 1.165) is 66.9 Å². The molecule has 1 N–H and O–H groups in total. The summed E-state index contributed by atoms with van der Waals surface area (Å²) in [6.45, 7) is 4.97. The van der Waals surface area contributed by atoms with Crippen LogP contribution < -0.4 is 15.0 Å². The summed E-state index contributed by atoms with van der Waals surface area (Å²) >= 11 is 0. The van der Waals surface area contributed by atoms with Crippen molar-refractivity contribution < 1.29 is 22.7 Å². The second-order valence-corrected chi connectivity index (χ2v) is 11.5. The number of rotatable bonds is 8. The molecule has 0 unspecified atom stereocenters. The predicted octanol–water partition coefficient (Wildman–Crippen LogP) is 2.88. The van der Waals surface area contributed by atoms with Crippen LogP contribution in [-0.4, -0.2) is 69.1 Å². The summed E-state index contributed by atoms with van der Waals surface area (Å²) in [6, 6.07) is 3.93. The number of ether oxygens (including phenoxy) is 2. The number of sulfone groups is 1. The molecule has 34 heavy (non-hydrogen) atoms. The number of methoxy groups -OCH3 is 1. The third-order valence-corrected chi connectivity index (χ3v) is 7.61. The molecule has 1 aromatic carbocycles. The fourth-order valence-electron chi connectivity index (χ4n) is 4.75. The van der Waals surface area contributed by atoms with E-state index in [1.54, 1.807) is 15.8 Å². The van der Waals surface area contributed by atoms with Gasteiger partial charge in [-0.15, -0.1) is 0 Å². The summed E-state index contributed by atoms with van der Waals surface area (Å²) < 4.78 is 36.2. The van der Waals surface area contributed by atoms with Gasteiger partial charge >= 0.3 is 6.09 Å². The quantitative estimate of drug-likeness (QED) is 0.607. The van der Waals surface area contributed by atoms with Crippen LogP contribution in [-0.2, 0) is 27.5 Å². The Morgan fingerprint density at radius 2 is 2.12 bits per heavy atom. The molecule has 0 saturated carbocycles. The Morgan fingerprint density at radius 3 is 2.82 bits per heavy atom. The van der Waals surface area contributed by atoms with Crippen LogP contribution >= 0.6 is 0 Å². The number of aryl methyl sites for hydroxylation is 1. The molecule has 3 heterocycles. The van der Waals surface area contributed by atoms with Gasteiger partial charge in [0, 0.05) is 35.2 Å². The van der Waals surface area contributed by atoms with Gasteiger partial charge in [0.25, 0.3) is 0 Å². The first-order valence-electron chi connectivity index (χ1n) is 11.8. The minimum Gasteiger partial charge on any atom is -0.493 e. The molecule has 0 aliphatic carbocycles. The average Bonchev–Trinajstić information content (AvgIpc) is 3.49. The summed E-state index contributed by atoms with van der Waals surface area (Å²) in [4.78, 5) is 14.2. The highest BCUT2D eigenvalue weighted by Gasteiger charge is 2.32. The number of amides is 1. The van der Waals surface area contributed by atoms with Crippen LogP contribution in [0.25, 0.3) is 11.1 Å². The molecule has 4 rings (SSSR count).